The third kappa shape index (κ3) is 4.58. The molecular formula is C25H27N3O7. The molecule has 0 saturated carbocycles. The number of aliphatic hydroxyl groups is 1. The average Bonchev–Trinajstić information content (AvgIpc) is 3.34. The quantitative estimate of drug-likeness (QED) is 0.360. The minimum absolute atomic E-state index is 0.0495. The van der Waals surface area contributed by atoms with E-state index in [1.165, 1.54) is 11.9 Å². The number of amides is 2. The molecule has 4 rings (SSSR count). The van der Waals surface area contributed by atoms with Gasteiger partial charge in [-0.2, -0.15) is 0 Å². The molecule has 3 N–H and O–H groups in total. The van der Waals surface area contributed by atoms with Crippen molar-refractivity contribution < 1.29 is 34.2 Å². The summed E-state index contributed by atoms with van der Waals surface area (Å²) in [4.78, 5) is 30.8. The van der Waals surface area contributed by atoms with Gasteiger partial charge in [0, 0.05) is 31.3 Å². The number of hydrogen-bond donors (Lipinski definition) is 3. The lowest BCUT2D eigenvalue weighted by atomic mass is 9.78. The standard InChI is InChI=1S/C25H27N3O7/c1-27(33)24(32)28-12-10-25(11-13-28,23(30)31)22-26-20(18-4-3-5-19(14-18)34-2)21(35-22)17-8-6-16(15-29)7-9-17/h3-9,14,29,33H,10-13,15H2,1-2H3,(H,30,31). The zero-order valence-corrected chi connectivity index (χ0v) is 19.5. The van der Waals surface area contributed by atoms with Gasteiger partial charge in [0.1, 0.15) is 16.9 Å². The molecule has 1 fully saturated rings. The van der Waals surface area contributed by atoms with Gasteiger partial charge in [0.2, 0.25) is 5.89 Å². The first kappa shape index (κ1) is 24.2. The SMILES string of the molecule is COc1cccc(-c2nc(C3(C(=O)O)CCN(C(=O)N(C)O)CC3)oc2-c2ccc(CO)cc2)c1. The first-order valence-corrected chi connectivity index (χ1v) is 11.1. The topological polar surface area (TPSA) is 137 Å². The maximum atomic E-state index is 12.6. The van der Waals surface area contributed by atoms with Gasteiger partial charge in [0.15, 0.2) is 5.76 Å². The fraction of sp³-hybridized carbons (Fsp3) is 0.320. The number of urea groups is 1. The van der Waals surface area contributed by atoms with Crippen LogP contribution in [0.1, 0.15) is 24.3 Å². The number of aromatic nitrogens is 1. The second-order valence-corrected chi connectivity index (χ2v) is 8.46. The molecule has 35 heavy (non-hydrogen) atoms. The molecular weight excluding hydrogens is 454 g/mol. The highest BCUT2D eigenvalue weighted by molar-refractivity contribution is 5.83. The molecule has 1 aliphatic heterocycles. The van der Waals surface area contributed by atoms with Crippen LogP contribution in [0.2, 0.25) is 0 Å². The number of rotatable bonds is 6. The van der Waals surface area contributed by atoms with Crippen molar-refractivity contribution in [1.29, 1.82) is 0 Å². The van der Waals surface area contributed by atoms with Crippen LogP contribution in [0.4, 0.5) is 4.79 Å². The summed E-state index contributed by atoms with van der Waals surface area (Å²) < 4.78 is 11.5. The van der Waals surface area contributed by atoms with E-state index in [-0.39, 0.29) is 38.4 Å². The van der Waals surface area contributed by atoms with E-state index in [1.807, 2.05) is 12.1 Å². The Bertz CT molecular complexity index is 1210. The number of hydrogen-bond acceptors (Lipinski definition) is 7. The Kier molecular flexibility index (Phi) is 6.77. The van der Waals surface area contributed by atoms with Gasteiger partial charge in [0.25, 0.3) is 0 Å². The second kappa shape index (κ2) is 9.77. The number of carboxylic acid groups (broad SMARTS) is 1. The van der Waals surface area contributed by atoms with Gasteiger partial charge >= 0.3 is 12.0 Å². The summed E-state index contributed by atoms with van der Waals surface area (Å²) in [5.41, 5.74) is 1.11. The number of ether oxygens (including phenoxy) is 1. The van der Waals surface area contributed by atoms with E-state index in [1.54, 1.807) is 43.5 Å². The Morgan fingerprint density at radius 1 is 1.14 bits per heavy atom. The summed E-state index contributed by atoms with van der Waals surface area (Å²) in [7, 11) is 2.78. The normalized spacial score (nSPS) is 15.0. The Morgan fingerprint density at radius 3 is 2.40 bits per heavy atom. The third-order valence-electron chi connectivity index (χ3n) is 6.35. The molecule has 3 aromatic rings. The smallest absolute Gasteiger partial charge is 0.343 e. The van der Waals surface area contributed by atoms with Crippen molar-refractivity contribution >= 4 is 12.0 Å². The molecule has 10 heteroatoms. The van der Waals surface area contributed by atoms with Crippen LogP contribution in [0, 0.1) is 0 Å². The molecule has 0 unspecified atom stereocenters. The number of oxazole rings is 1. The van der Waals surface area contributed by atoms with E-state index in [0.29, 0.717) is 33.4 Å². The Labute approximate surface area is 201 Å². The van der Waals surface area contributed by atoms with Crippen LogP contribution in [0.25, 0.3) is 22.6 Å². The largest absolute Gasteiger partial charge is 0.497 e. The summed E-state index contributed by atoms with van der Waals surface area (Å²) >= 11 is 0. The zero-order chi connectivity index (χ0) is 25.2. The molecule has 0 atom stereocenters. The van der Waals surface area contributed by atoms with E-state index >= 15 is 0 Å². The second-order valence-electron chi connectivity index (χ2n) is 8.46. The molecule has 2 amide bonds. The number of carbonyl (C=O) groups is 2. The number of hydroxylamine groups is 2. The Hall–Kier alpha value is -3.89. The van der Waals surface area contributed by atoms with Crippen molar-refractivity contribution in [2.45, 2.75) is 24.9 Å². The summed E-state index contributed by atoms with van der Waals surface area (Å²) in [5.74, 6) is -0.0374. The molecule has 184 valence electrons. The van der Waals surface area contributed by atoms with Crippen LogP contribution >= 0.6 is 0 Å². The summed E-state index contributed by atoms with van der Waals surface area (Å²) in [6.45, 7) is 0.131. The number of methoxy groups -OCH3 is 1. The molecule has 1 aromatic heterocycles. The van der Waals surface area contributed by atoms with E-state index in [0.717, 1.165) is 5.56 Å². The molecule has 0 bridgehead atoms. The number of aliphatic hydroxyl groups excluding tert-OH is 1. The minimum atomic E-state index is -1.44. The van der Waals surface area contributed by atoms with Crippen LogP contribution in [0.15, 0.2) is 52.9 Å². The minimum Gasteiger partial charge on any atom is -0.497 e. The predicted octanol–water partition coefficient (Wildman–Crippen LogP) is 3.37. The summed E-state index contributed by atoms with van der Waals surface area (Å²) in [6, 6.07) is 13.7. The lowest BCUT2D eigenvalue weighted by molar-refractivity contribution is -0.147. The summed E-state index contributed by atoms with van der Waals surface area (Å²) in [5, 5.41) is 29.6. The van der Waals surface area contributed by atoms with Crippen LogP contribution in [0.3, 0.4) is 0 Å². The van der Waals surface area contributed by atoms with Crippen LogP contribution < -0.4 is 4.74 Å². The monoisotopic (exact) mass is 481 g/mol. The zero-order valence-electron chi connectivity index (χ0n) is 19.5. The molecule has 1 saturated heterocycles. The number of benzene rings is 2. The van der Waals surface area contributed by atoms with Crippen molar-refractivity contribution in [1.82, 2.24) is 14.9 Å². The Morgan fingerprint density at radius 2 is 1.83 bits per heavy atom. The van der Waals surface area contributed by atoms with E-state index < -0.39 is 17.4 Å². The lowest BCUT2D eigenvalue weighted by Crippen LogP contribution is -2.51. The van der Waals surface area contributed by atoms with Gasteiger partial charge < -0.3 is 24.3 Å². The van der Waals surface area contributed by atoms with Crippen LogP contribution in [-0.2, 0) is 16.8 Å². The van der Waals surface area contributed by atoms with Crippen molar-refractivity contribution in [3.8, 4) is 28.3 Å². The highest BCUT2D eigenvalue weighted by Crippen LogP contribution is 2.42. The highest BCUT2D eigenvalue weighted by Gasteiger charge is 2.49. The number of aliphatic carboxylic acids is 1. The number of carbonyl (C=O) groups excluding carboxylic acids is 1. The number of likely N-dealkylation sites (tertiary alicyclic amines) is 1. The Balaban J connectivity index is 1.80. The number of nitrogens with zero attached hydrogens (tertiary/aromatic N) is 3. The van der Waals surface area contributed by atoms with Crippen LogP contribution in [-0.4, -0.2) is 69.6 Å². The fourth-order valence-electron chi connectivity index (χ4n) is 4.25. The number of carboxylic acids is 1. The molecule has 2 aromatic carbocycles. The van der Waals surface area contributed by atoms with Crippen molar-refractivity contribution in [3.05, 3.63) is 60.0 Å². The van der Waals surface area contributed by atoms with E-state index in [2.05, 4.69) is 4.98 Å². The molecule has 10 nitrogen and oxygen atoms in total. The first-order valence-electron chi connectivity index (χ1n) is 11.1. The third-order valence-corrected chi connectivity index (χ3v) is 6.35. The summed E-state index contributed by atoms with van der Waals surface area (Å²) in [6.07, 6.45) is 0.145. The number of piperidine rings is 1. The van der Waals surface area contributed by atoms with E-state index in [9.17, 15) is 25.0 Å². The van der Waals surface area contributed by atoms with Gasteiger partial charge in [-0.1, -0.05) is 36.4 Å². The molecule has 1 aliphatic rings. The maximum absolute atomic E-state index is 12.6. The fourth-order valence-corrected chi connectivity index (χ4v) is 4.25. The predicted molar refractivity (Wildman–Crippen MR) is 125 cm³/mol. The first-order chi connectivity index (χ1) is 16.8. The van der Waals surface area contributed by atoms with Gasteiger partial charge in [-0.05, 0) is 30.5 Å². The highest BCUT2D eigenvalue weighted by atomic mass is 16.5. The van der Waals surface area contributed by atoms with Crippen LogP contribution in [0.5, 0.6) is 5.75 Å². The maximum Gasteiger partial charge on any atom is 0.343 e. The molecule has 2 heterocycles. The lowest BCUT2D eigenvalue weighted by Gasteiger charge is -2.37. The average molecular weight is 482 g/mol. The van der Waals surface area contributed by atoms with E-state index in [4.69, 9.17) is 9.15 Å². The van der Waals surface area contributed by atoms with Gasteiger partial charge in [-0.3, -0.25) is 10.0 Å². The van der Waals surface area contributed by atoms with Gasteiger partial charge in [-0.25, -0.2) is 14.8 Å². The molecule has 0 radical (unpaired) electrons. The van der Waals surface area contributed by atoms with Gasteiger partial charge in [0.05, 0.1) is 13.7 Å². The van der Waals surface area contributed by atoms with Gasteiger partial charge in [-0.15, -0.1) is 0 Å². The van der Waals surface area contributed by atoms with Crippen molar-refractivity contribution in [3.63, 3.8) is 0 Å². The molecule has 0 spiro atoms. The van der Waals surface area contributed by atoms with Crippen molar-refractivity contribution in [2.24, 2.45) is 0 Å². The molecule has 0 aliphatic carbocycles. The van der Waals surface area contributed by atoms with Crippen molar-refractivity contribution in [2.75, 3.05) is 27.2 Å².